The van der Waals surface area contributed by atoms with Crippen LogP contribution in [-0.4, -0.2) is 29.4 Å². The summed E-state index contributed by atoms with van der Waals surface area (Å²) in [6.07, 6.45) is 6.08. The first-order valence-corrected chi connectivity index (χ1v) is 7.36. The van der Waals surface area contributed by atoms with E-state index in [1.807, 2.05) is 18.2 Å². The number of hydrogen-bond acceptors (Lipinski definition) is 5. The summed E-state index contributed by atoms with van der Waals surface area (Å²) < 4.78 is 5.48. The van der Waals surface area contributed by atoms with Crippen LogP contribution in [0, 0.1) is 0 Å². The quantitative estimate of drug-likeness (QED) is 0.824. The average Bonchev–Trinajstić information content (AvgIpc) is 3.35. The third-order valence-electron chi connectivity index (χ3n) is 4.24. The number of nitrogens with zero attached hydrogens (tertiary/aromatic N) is 2. The van der Waals surface area contributed by atoms with E-state index in [4.69, 9.17) is 10.5 Å². The van der Waals surface area contributed by atoms with Gasteiger partial charge in [-0.2, -0.15) is 0 Å². The van der Waals surface area contributed by atoms with Crippen LogP contribution in [0.3, 0.4) is 0 Å². The van der Waals surface area contributed by atoms with Gasteiger partial charge in [0, 0.05) is 29.8 Å². The van der Waals surface area contributed by atoms with Crippen molar-refractivity contribution in [3.8, 4) is 5.75 Å². The molecule has 0 spiro atoms. The normalized spacial score (nSPS) is 15.4. The molecular weight excluding hydrogens is 278 g/mol. The number of carbonyl (C=O) groups is 1. The van der Waals surface area contributed by atoms with Gasteiger partial charge in [-0.15, -0.1) is 0 Å². The van der Waals surface area contributed by atoms with Crippen LogP contribution in [0.2, 0.25) is 0 Å². The second-order valence-corrected chi connectivity index (χ2v) is 5.67. The predicted octanol–water partition coefficient (Wildman–Crippen LogP) is 1.90. The molecule has 1 aromatic carbocycles. The van der Waals surface area contributed by atoms with Crippen molar-refractivity contribution in [3.05, 3.63) is 53.6 Å². The molecule has 1 saturated carbocycles. The molecule has 0 atom stereocenters. The monoisotopic (exact) mass is 297 g/mol. The molecule has 1 aliphatic carbocycles. The predicted molar refractivity (Wildman–Crippen MR) is 83.0 cm³/mol. The highest BCUT2D eigenvalue weighted by Gasteiger charge is 2.46. The highest BCUT2D eigenvalue weighted by atomic mass is 16.5. The largest absolute Gasteiger partial charge is 0.496 e. The minimum absolute atomic E-state index is 0.0200. The van der Waals surface area contributed by atoms with Crippen LogP contribution < -0.4 is 10.5 Å². The first kappa shape index (κ1) is 14.7. The van der Waals surface area contributed by atoms with Crippen molar-refractivity contribution in [2.75, 3.05) is 13.7 Å². The number of hydrogen-bond donors (Lipinski definition) is 1. The number of Topliss-reactive ketones (excluding diaryl/α,β-unsaturated/α-hetero) is 1. The van der Waals surface area contributed by atoms with Gasteiger partial charge in [0.15, 0.2) is 5.78 Å². The van der Waals surface area contributed by atoms with Crippen LogP contribution in [0.25, 0.3) is 0 Å². The van der Waals surface area contributed by atoms with Gasteiger partial charge in [0.1, 0.15) is 11.6 Å². The zero-order valence-corrected chi connectivity index (χ0v) is 12.6. The Balaban J connectivity index is 1.82. The van der Waals surface area contributed by atoms with Crippen LogP contribution in [0.5, 0.6) is 5.75 Å². The number of methoxy groups -OCH3 is 1. The number of benzene rings is 1. The van der Waals surface area contributed by atoms with Gasteiger partial charge in [-0.3, -0.25) is 4.79 Å². The van der Waals surface area contributed by atoms with Gasteiger partial charge in [0.05, 0.1) is 19.2 Å². The van der Waals surface area contributed by atoms with E-state index in [2.05, 4.69) is 16.0 Å². The van der Waals surface area contributed by atoms with E-state index in [0.29, 0.717) is 5.56 Å². The Morgan fingerprint density at radius 3 is 2.55 bits per heavy atom. The Morgan fingerprint density at radius 2 is 1.95 bits per heavy atom. The molecular formula is C17H19N3O2. The van der Waals surface area contributed by atoms with Crippen molar-refractivity contribution >= 4 is 5.78 Å². The van der Waals surface area contributed by atoms with Crippen molar-refractivity contribution in [2.24, 2.45) is 5.73 Å². The third-order valence-corrected chi connectivity index (χ3v) is 4.24. The second-order valence-electron chi connectivity index (χ2n) is 5.67. The fraction of sp³-hybridized carbons (Fsp3) is 0.353. The Kier molecular flexibility index (Phi) is 3.90. The van der Waals surface area contributed by atoms with Crippen molar-refractivity contribution in [3.63, 3.8) is 0 Å². The molecule has 0 amide bonds. The van der Waals surface area contributed by atoms with Gasteiger partial charge < -0.3 is 10.5 Å². The Labute approximate surface area is 129 Å². The second kappa shape index (κ2) is 5.85. The van der Waals surface area contributed by atoms with E-state index in [1.54, 1.807) is 19.5 Å². The Morgan fingerprint density at radius 1 is 1.27 bits per heavy atom. The van der Waals surface area contributed by atoms with Gasteiger partial charge in [0.25, 0.3) is 0 Å². The zero-order valence-electron chi connectivity index (χ0n) is 12.6. The van der Waals surface area contributed by atoms with E-state index in [-0.39, 0.29) is 17.7 Å². The minimum Gasteiger partial charge on any atom is -0.496 e. The van der Waals surface area contributed by atoms with E-state index in [1.165, 1.54) is 5.56 Å². The van der Waals surface area contributed by atoms with E-state index < -0.39 is 0 Å². The fourth-order valence-corrected chi connectivity index (χ4v) is 2.79. The number of ether oxygens (including phenoxy) is 1. The molecule has 5 nitrogen and oxygen atoms in total. The van der Waals surface area contributed by atoms with Crippen LogP contribution in [0.4, 0.5) is 0 Å². The fourth-order valence-electron chi connectivity index (χ4n) is 2.79. The summed E-state index contributed by atoms with van der Waals surface area (Å²) in [4.78, 5) is 20.2. The standard InChI is InChI=1S/C17H19N3O2/c1-22-15-5-3-2-4-13(15)17(6-7-17)8-16-19-10-12(11-20-16)14(21)9-18/h2-5,10-11H,6-9,18H2,1H3. The van der Waals surface area contributed by atoms with Crippen LogP contribution in [0.15, 0.2) is 36.7 Å². The molecule has 0 radical (unpaired) electrons. The van der Waals surface area contributed by atoms with Gasteiger partial charge in [-0.05, 0) is 18.9 Å². The molecule has 1 fully saturated rings. The molecule has 22 heavy (non-hydrogen) atoms. The average molecular weight is 297 g/mol. The zero-order chi connectivity index (χ0) is 15.6. The maximum absolute atomic E-state index is 11.5. The summed E-state index contributed by atoms with van der Waals surface area (Å²) in [6.45, 7) is -0.0200. The number of ketones is 1. The van der Waals surface area contributed by atoms with Crippen molar-refractivity contribution in [1.82, 2.24) is 9.97 Å². The molecule has 114 valence electrons. The number of nitrogens with two attached hydrogens (primary N) is 1. The third kappa shape index (κ3) is 2.72. The molecule has 0 bridgehead atoms. The van der Waals surface area contributed by atoms with Crippen LogP contribution >= 0.6 is 0 Å². The van der Waals surface area contributed by atoms with E-state index in [0.717, 1.165) is 30.8 Å². The Hall–Kier alpha value is -2.27. The molecule has 3 rings (SSSR count). The summed E-state index contributed by atoms with van der Waals surface area (Å²) in [5.41, 5.74) is 7.08. The smallest absolute Gasteiger partial charge is 0.179 e. The number of rotatable bonds is 6. The first-order chi connectivity index (χ1) is 10.7. The van der Waals surface area contributed by atoms with Gasteiger partial charge >= 0.3 is 0 Å². The highest BCUT2D eigenvalue weighted by Crippen LogP contribution is 2.52. The van der Waals surface area contributed by atoms with Crippen molar-refractivity contribution in [1.29, 1.82) is 0 Å². The molecule has 0 aliphatic heterocycles. The highest BCUT2D eigenvalue weighted by molar-refractivity contribution is 5.96. The summed E-state index contributed by atoms with van der Waals surface area (Å²) in [7, 11) is 1.69. The van der Waals surface area contributed by atoms with Crippen molar-refractivity contribution in [2.45, 2.75) is 24.7 Å². The lowest BCUT2D eigenvalue weighted by molar-refractivity contribution is 0.100. The van der Waals surface area contributed by atoms with Crippen LogP contribution in [-0.2, 0) is 11.8 Å². The molecule has 1 aromatic heterocycles. The SMILES string of the molecule is COc1ccccc1C1(Cc2ncc(C(=O)CN)cn2)CC1. The molecule has 0 saturated heterocycles. The summed E-state index contributed by atoms with van der Waals surface area (Å²) in [5.74, 6) is 1.52. The summed E-state index contributed by atoms with van der Waals surface area (Å²) in [6, 6.07) is 8.10. The molecule has 0 unspecified atom stereocenters. The maximum Gasteiger partial charge on any atom is 0.179 e. The number of carbonyl (C=O) groups excluding carboxylic acids is 1. The molecule has 2 aromatic rings. The van der Waals surface area contributed by atoms with E-state index >= 15 is 0 Å². The van der Waals surface area contributed by atoms with Gasteiger partial charge in [-0.25, -0.2) is 9.97 Å². The topological polar surface area (TPSA) is 78.1 Å². The molecule has 2 N–H and O–H groups in total. The van der Waals surface area contributed by atoms with E-state index in [9.17, 15) is 4.79 Å². The van der Waals surface area contributed by atoms with Crippen LogP contribution in [0.1, 0.15) is 34.6 Å². The molecule has 5 heteroatoms. The lowest BCUT2D eigenvalue weighted by Crippen LogP contribution is -2.17. The van der Waals surface area contributed by atoms with Gasteiger partial charge in [0.2, 0.25) is 0 Å². The molecule has 1 aliphatic rings. The summed E-state index contributed by atoms with van der Waals surface area (Å²) in [5, 5.41) is 0. The first-order valence-electron chi connectivity index (χ1n) is 7.36. The molecule has 1 heterocycles. The lowest BCUT2D eigenvalue weighted by Gasteiger charge is -2.18. The summed E-state index contributed by atoms with van der Waals surface area (Å²) >= 11 is 0. The minimum atomic E-state index is -0.141. The number of para-hydroxylation sites is 1. The lowest BCUT2D eigenvalue weighted by atomic mass is 9.91. The van der Waals surface area contributed by atoms with Crippen molar-refractivity contribution < 1.29 is 9.53 Å². The van der Waals surface area contributed by atoms with Gasteiger partial charge in [-0.1, -0.05) is 18.2 Å². The maximum atomic E-state index is 11.5. The Bertz CT molecular complexity index is 679. The number of aromatic nitrogens is 2.